The van der Waals surface area contributed by atoms with Gasteiger partial charge < -0.3 is 9.47 Å². The van der Waals surface area contributed by atoms with Crippen molar-refractivity contribution in [2.75, 3.05) is 13.2 Å². The molecule has 0 spiro atoms. The van der Waals surface area contributed by atoms with Crippen LogP contribution >= 0.6 is 34.2 Å². The number of Topliss-reactive ketones (excluding diaryl/α,β-unsaturated/α-hetero) is 1. The molecule has 4 aliphatic rings. The molecule has 210 valence electrons. The number of carbonyl (C=O) groups excluding carboxylic acids is 4. The van der Waals surface area contributed by atoms with Gasteiger partial charge in [-0.25, -0.2) is 4.79 Å². The van der Waals surface area contributed by atoms with Crippen molar-refractivity contribution in [1.82, 2.24) is 0 Å². The molecule has 8 heteroatoms. The molecule has 1 aromatic rings. The third-order valence-corrected chi connectivity index (χ3v) is 12.1. The molecule has 0 aromatic heterocycles. The number of fused-ring (bicyclic) bond motifs is 5. The van der Waals surface area contributed by atoms with Crippen molar-refractivity contribution < 1.29 is 28.7 Å². The predicted molar refractivity (Wildman–Crippen MR) is 155 cm³/mol. The van der Waals surface area contributed by atoms with E-state index in [1.807, 2.05) is 12.1 Å². The number of benzene rings is 1. The second-order valence-electron chi connectivity index (χ2n) is 12.4. The van der Waals surface area contributed by atoms with E-state index in [2.05, 4.69) is 36.4 Å². The van der Waals surface area contributed by atoms with E-state index in [0.29, 0.717) is 24.8 Å². The molecule has 0 N–H and O–H groups in total. The third-order valence-electron chi connectivity index (χ3n) is 10.5. The maximum Gasteiger partial charge on any atom is 0.338 e. The molecule has 5 rings (SSSR count). The first-order chi connectivity index (χ1) is 18.4. The lowest BCUT2D eigenvalue weighted by Gasteiger charge is -2.64. The number of hydrogen-bond donors (Lipinski definition) is 0. The Morgan fingerprint density at radius 2 is 1.85 bits per heavy atom. The highest BCUT2D eigenvalue weighted by Crippen LogP contribution is 2.71. The first-order valence-electron chi connectivity index (χ1n) is 13.9. The van der Waals surface area contributed by atoms with Gasteiger partial charge in [-0.2, -0.15) is 0 Å². The lowest BCUT2D eigenvalue weighted by molar-refractivity contribution is -0.149. The number of hydrogen-bond acceptors (Lipinski definition) is 6. The molecular weight excluding hydrogens is 631 g/mol. The van der Waals surface area contributed by atoms with Gasteiger partial charge >= 0.3 is 11.9 Å². The highest BCUT2D eigenvalue weighted by atomic mass is 127. The first-order valence-corrected chi connectivity index (χ1v) is 15.4. The molecule has 0 radical (unpaired) electrons. The van der Waals surface area contributed by atoms with Gasteiger partial charge in [0.05, 0.1) is 17.0 Å². The van der Waals surface area contributed by atoms with Crippen LogP contribution in [-0.2, 0) is 23.9 Å². The van der Waals surface area contributed by atoms with Crippen LogP contribution in [0.1, 0.15) is 76.1 Å². The van der Waals surface area contributed by atoms with Crippen molar-refractivity contribution in [3.8, 4) is 0 Å². The number of ether oxygens (including phenoxy) is 2. The molecular formula is C31H36ClIO6. The van der Waals surface area contributed by atoms with Crippen LogP contribution in [0, 0.1) is 38.1 Å². The predicted octanol–water partition coefficient (Wildman–Crippen LogP) is 6.32. The van der Waals surface area contributed by atoms with E-state index in [-0.39, 0.29) is 59.8 Å². The van der Waals surface area contributed by atoms with Crippen LogP contribution in [0.2, 0.25) is 0 Å². The minimum atomic E-state index is -0.534. The summed E-state index contributed by atoms with van der Waals surface area (Å²) in [5.74, 6) is -0.662. The number of rotatable bonds is 6. The summed E-state index contributed by atoms with van der Waals surface area (Å²) in [5.41, 5.74) is 0.899. The maximum absolute atomic E-state index is 13.2. The number of ketones is 2. The largest absolute Gasteiger partial charge is 0.461 e. The zero-order chi connectivity index (χ0) is 28.2. The smallest absolute Gasteiger partial charge is 0.338 e. The van der Waals surface area contributed by atoms with Gasteiger partial charge in [0, 0.05) is 34.2 Å². The van der Waals surface area contributed by atoms with Gasteiger partial charge in [-0.05, 0) is 103 Å². The van der Waals surface area contributed by atoms with Crippen LogP contribution in [0.5, 0.6) is 0 Å². The van der Waals surface area contributed by atoms with E-state index in [1.54, 1.807) is 18.2 Å². The van der Waals surface area contributed by atoms with E-state index < -0.39 is 16.3 Å². The van der Waals surface area contributed by atoms with E-state index >= 15 is 0 Å². The molecule has 0 unspecified atom stereocenters. The van der Waals surface area contributed by atoms with Gasteiger partial charge in [0.25, 0.3) is 0 Å². The molecule has 0 saturated heterocycles. The number of alkyl halides is 1. The zero-order valence-electron chi connectivity index (χ0n) is 22.8. The Hall–Kier alpha value is -1.74. The van der Waals surface area contributed by atoms with Gasteiger partial charge in [0.15, 0.2) is 11.6 Å². The van der Waals surface area contributed by atoms with Crippen LogP contribution in [0.4, 0.5) is 0 Å². The van der Waals surface area contributed by atoms with Gasteiger partial charge in [0.1, 0.15) is 6.61 Å². The highest BCUT2D eigenvalue weighted by Gasteiger charge is 2.67. The summed E-state index contributed by atoms with van der Waals surface area (Å²) in [6.07, 6.45) is 6.84. The van der Waals surface area contributed by atoms with Gasteiger partial charge in [0.2, 0.25) is 0 Å². The van der Waals surface area contributed by atoms with Crippen LogP contribution in [-0.4, -0.2) is 41.6 Å². The number of esters is 2. The Morgan fingerprint density at radius 3 is 2.56 bits per heavy atom. The standard InChI is InChI=1S/C31H36ClIO6/c1-18(34)38-17-27(36)24-8-7-23-26-14-20(16-39-28(37)19-5-4-6-21(33)13-19)25-15-22(35)9-10-30(25,3)31(26,32)12-11-29(23,24)2/h4-6,13,15,20,23-24,26H,7-12,14,16-17H2,1-3H3/t20-,23+,24-,26+,29+,30+,31-/m1/s1. The van der Waals surface area contributed by atoms with E-state index in [4.69, 9.17) is 21.1 Å². The van der Waals surface area contributed by atoms with Gasteiger partial charge in [-0.15, -0.1) is 11.6 Å². The van der Waals surface area contributed by atoms with Crippen molar-refractivity contribution in [3.05, 3.63) is 45.0 Å². The quantitative estimate of drug-likeness (QED) is 0.201. The Morgan fingerprint density at radius 1 is 1.08 bits per heavy atom. The lowest BCUT2D eigenvalue weighted by atomic mass is 9.44. The summed E-state index contributed by atoms with van der Waals surface area (Å²) in [6.45, 7) is 5.74. The van der Waals surface area contributed by atoms with Crippen molar-refractivity contribution in [2.24, 2.45) is 34.5 Å². The fourth-order valence-corrected chi connectivity index (χ4v) is 9.57. The monoisotopic (exact) mass is 666 g/mol. The van der Waals surface area contributed by atoms with Crippen molar-refractivity contribution in [3.63, 3.8) is 0 Å². The van der Waals surface area contributed by atoms with Crippen molar-refractivity contribution in [2.45, 2.75) is 70.6 Å². The SMILES string of the molecule is CC(=O)OCC(=O)[C@H]1CC[C@H]2[C@@H]3C[C@H](COC(=O)c4cccc(I)c4)C4=CC(=O)CC[C@]4(C)[C@@]3(Cl)CC[C@]12C. The van der Waals surface area contributed by atoms with Crippen LogP contribution in [0.15, 0.2) is 35.9 Å². The highest BCUT2D eigenvalue weighted by molar-refractivity contribution is 14.1. The Bertz CT molecular complexity index is 1240. The average molecular weight is 667 g/mol. The zero-order valence-corrected chi connectivity index (χ0v) is 25.7. The normalized spacial score (nSPS) is 37.2. The van der Waals surface area contributed by atoms with Gasteiger partial charge in [-0.3, -0.25) is 14.4 Å². The Labute approximate surface area is 248 Å². The molecule has 0 heterocycles. The molecule has 1 aromatic carbocycles. The topological polar surface area (TPSA) is 86.7 Å². The average Bonchev–Trinajstić information content (AvgIpc) is 3.24. The minimum absolute atomic E-state index is 0.00823. The number of halogens is 2. The molecule has 39 heavy (non-hydrogen) atoms. The van der Waals surface area contributed by atoms with Crippen LogP contribution < -0.4 is 0 Å². The molecule has 3 fully saturated rings. The Balaban J connectivity index is 1.43. The maximum atomic E-state index is 13.2. The van der Waals surface area contributed by atoms with Crippen molar-refractivity contribution >= 4 is 57.7 Å². The molecule has 4 aliphatic carbocycles. The van der Waals surface area contributed by atoms with Gasteiger partial charge in [-0.1, -0.05) is 25.5 Å². The minimum Gasteiger partial charge on any atom is -0.461 e. The molecule has 0 amide bonds. The summed E-state index contributed by atoms with van der Waals surface area (Å²) in [6, 6.07) is 7.32. The summed E-state index contributed by atoms with van der Waals surface area (Å²) in [4.78, 5) is 49.5. The fourth-order valence-electron chi connectivity index (χ4n) is 8.48. The molecule has 6 nitrogen and oxygen atoms in total. The summed E-state index contributed by atoms with van der Waals surface area (Å²) in [7, 11) is 0. The number of carbonyl (C=O) groups is 4. The second kappa shape index (κ2) is 10.6. The molecule has 3 saturated carbocycles. The third kappa shape index (κ3) is 4.89. The fraction of sp³-hybridized carbons (Fsp3) is 0.613. The molecule has 0 bridgehead atoms. The molecule has 0 aliphatic heterocycles. The summed E-state index contributed by atoms with van der Waals surface area (Å²) in [5, 5.41) is 0. The first kappa shape index (κ1) is 28.8. The van der Waals surface area contributed by atoms with Crippen molar-refractivity contribution in [1.29, 1.82) is 0 Å². The Kier molecular flexibility index (Phi) is 7.81. The van der Waals surface area contributed by atoms with Crippen LogP contribution in [0.25, 0.3) is 0 Å². The van der Waals surface area contributed by atoms with E-state index in [9.17, 15) is 19.2 Å². The van der Waals surface area contributed by atoms with E-state index in [1.165, 1.54) is 6.92 Å². The lowest BCUT2D eigenvalue weighted by Crippen LogP contribution is -2.62. The molecule has 7 atom stereocenters. The van der Waals surface area contributed by atoms with E-state index in [0.717, 1.165) is 34.8 Å². The second-order valence-corrected chi connectivity index (χ2v) is 14.3. The summed E-state index contributed by atoms with van der Waals surface area (Å²) >= 11 is 9.90. The summed E-state index contributed by atoms with van der Waals surface area (Å²) < 4.78 is 11.9. The van der Waals surface area contributed by atoms with Crippen LogP contribution in [0.3, 0.4) is 0 Å².